The van der Waals surface area contributed by atoms with Crippen LogP contribution in [0, 0.1) is 28.8 Å². The van der Waals surface area contributed by atoms with Crippen molar-refractivity contribution in [2.24, 2.45) is 0 Å². The van der Waals surface area contributed by atoms with E-state index in [1.807, 2.05) is 0 Å². The van der Waals surface area contributed by atoms with Crippen LogP contribution in [0.4, 0.5) is 24.5 Å². The lowest BCUT2D eigenvalue weighted by Gasteiger charge is -2.34. The topological polar surface area (TPSA) is 154 Å². The van der Waals surface area contributed by atoms with E-state index in [2.05, 4.69) is 15.3 Å². The first-order chi connectivity index (χ1) is 16.7. The summed E-state index contributed by atoms with van der Waals surface area (Å²) in [5.41, 5.74) is 3.78. The molecular formula is C23H18F3N5O4. The van der Waals surface area contributed by atoms with Gasteiger partial charge in [0, 0.05) is 24.2 Å². The number of nitrogens with two attached hydrogens (primary N) is 1. The molecule has 2 aromatic heterocycles. The quantitative estimate of drug-likeness (QED) is 0.439. The molecule has 1 aliphatic rings. The smallest absolute Gasteiger partial charge is 0.276 e. The van der Waals surface area contributed by atoms with Gasteiger partial charge in [-0.3, -0.25) is 9.78 Å². The summed E-state index contributed by atoms with van der Waals surface area (Å²) in [5.74, 6) is -4.23. The highest BCUT2D eigenvalue weighted by Crippen LogP contribution is 2.35. The zero-order valence-electron chi connectivity index (χ0n) is 17.8. The highest BCUT2D eigenvalue weighted by Gasteiger charge is 2.38. The number of pyridine rings is 2. The molecule has 1 aromatic carbocycles. The van der Waals surface area contributed by atoms with Gasteiger partial charge in [0.15, 0.2) is 17.6 Å². The fraction of sp³-hybridized carbons (Fsp3) is 0.217. The maximum atomic E-state index is 14.5. The third-order valence-electron chi connectivity index (χ3n) is 5.47. The number of carbonyl (C=O) groups excluding carboxylic acids is 1. The van der Waals surface area contributed by atoms with Crippen molar-refractivity contribution >= 4 is 17.3 Å². The van der Waals surface area contributed by atoms with Gasteiger partial charge in [-0.15, -0.1) is 0 Å². The van der Waals surface area contributed by atoms with E-state index in [1.54, 1.807) is 6.07 Å². The number of ether oxygens (including phenoxy) is 1. The van der Waals surface area contributed by atoms with Gasteiger partial charge in [-0.25, -0.2) is 18.2 Å². The Bertz CT molecular complexity index is 1310. The summed E-state index contributed by atoms with van der Waals surface area (Å²) >= 11 is 0. The first-order valence-electron chi connectivity index (χ1n) is 10.3. The molecule has 1 fully saturated rings. The fourth-order valence-corrected chi connectivity index (χ4v) is 3.74. The number of nitrogen functional groups attached to an aromatic ring is 1. The van der Waals surface area contributed by atoms with Crippen LogP contribution in [0.1, 0.15) is 28.6 Å². The number of anilines is 2. The number of nitrogens with one attached hydrogen (secondary N) is 1. The van der Waals surface area contributed by atoms with E-state index in [-0.39, 0.29) is 17.8 Å². The van der Waals surface area contributed by atoms with Crippen LogP contribution in [-0.2, 0) is 4.74 Å². The van der Waals surface area contributed by atoms with Crippen LogP contribution in [0.3, 0.4) is 0 Å². The molecular weight excluding hydrogens is 467 g/mol. The van der Waals surface area contributed by atoms with Crippen molar-refractivity contribution in [1.29, 1.82) is 5.26 Å². The number of halogens is 3. The number of rotatable bonds is 4. The molecule has 1 amide bonds. The predicted octanol–water partition coefficient (Wildman–Crippen LogP) is 2.47. The van der Waals surface area contributed by atoms with Gasteiger partial charge < -0.3 is 26.0 Å². The summed E-state index contributed by atoms with van der Waals surface area (Å²) in [6.45, 7) is 0. The summed E-state index contributed by atoms with van der Waals surface area (Å²) in [4.78, 5) is 20.7. The van der Waals surface area contributed by atoms with E-state index in [4.69, 9.17) is 10.5 Å². The second-order valence-electron chi connectivity index (χ2n) is 7.74. The molecule has 35 heavy (non-hydrogen) atoms. The van der Waals surface area contributed by atoms with Crippen molar-refractivity contribution in [1.82, 2.24) is 9.97 Å². The molecule has 0 unspecified atom stereocenters. The molecule has 180 valence electrons. The van der Waals surface area contributed by atoms with Crippen molar-refractivity contribution in [2.45, 2.75) is 30.8 Å². The van der Waals surface area contributed by atoms with Gasteiger partial charge in [0.25, 0.3) is 5.91 Å². The molecule has 3 heterocycles. The number of hydrogen-bond donors (Lipinski definition) is 4. The lowest BCUT2D eigenvalue weighted by atomic mass is 9.94. The number of amides is 1. The average Bonchev–Trinajstić information content (AvgIpc) is 2.82. The second-order valence-corrected chi connectivity index (χ2v) is 7.74. The van der Waals surface area contributed by atoms with Gasteiger partial charge in [0.1, 0.15) is 23.4 Å². The maximum Gasteiger partial charge on any atom is 0.276 e. The maximum absolute atomic E-state index is 14.5. The van der Waals surface area contributed by atoms with E-state index < -0.39 is 64.7 Å². The molecule has 4 atom stereocenters. The van der Waals surface area contributed by atoms with Gasteiger partial charge in [-0.05, 0) is 18.2 Å². The Labute approximate surface area is 196 Å². The van der Waals surface area contributed by atoms with Crippen molar-refractivity contribution in [3.8, 4) is 17.3 Å². The highest BCUT2D eigenvalue weighted by molar-refractivity contribution is 6.06. The minimum Gasteiger partial charge on any atom is -0.397 e. The van der Waals surface area contributed by atoms with Crippen molar-refractivity contribution in [3.63, 3.8) is 0 Å². The van der Waals surface area contributed by atoms with Crippen molar-refractivity contribution < 1.29 is 32.9 Å². The van der Waals surface area contributed by atoms with E-state index in [0.29, 0.717) is 5.56 Å². The molecule has 1 saturated heterocycles. The first-order valence-corrected chi connectivity index (χ1v) is 10.3. The van der Waals surface area contributed by atoms with E-state index in [9.17, 15) is 33.4 Å². The highest BCUT2D eigenvalue weighted by atomic mass is 19.1. The van der Waals surface area contributed by atoms with Gasteiger partial charge in [0.2, 0.25) is 0 Å². The zero-order chi connectivity index (χ0) is 25.3. The van der Waals surface area contributed by atoms with Crippen LogP contribution in [-0.4, -0.2) is 44.4 Å². The average molecular weight is 485 g/mol. The fourth-order valence-electron chi connectivity index (χ4n) is 3.74. The minimum atomic E-state index is -1.41. The molecule has 3 aromatic rings. The minimum absolute atomic E-state index is 0.0835. The van der Waals surface area contributed by atoms with Gasteiger partial charge in [0.05, 0.1) is 41.4 Å². The van der Waals surface area contributed by atoms with E-state index in [1.165, 1.54) is 18.5 Å². The van der Waals surface area contributed by atoms with Crippen molar-refractivity contribution in [2.75, 3.05) is 11.1 Å². The zero-order valence-corrected chi connectivity index (χ0v) is 17.8. The molecule has 0 saturated carbocycles. The lowest BCUT2D eigenvalue weighted by molar-refractivity contribution is -0.150. The monoisotopic (exact) mass is 485 g/mol. The van der Waals surface area contributed by atoms with Crippen LogP contribution in [0.15, 0.2) is 42.7 Å². The molecule has 0 aliphatic carbocycles. The molecule has 5 N–H and O–H groups in total. The van der Waals surface area contributed by atoms with Crippen molar-refractivity contribution in [3.05, 3.63) is 71.4 Å². The van der Waals surface area contributed by atoms with Gasteiger partial charge in [-0.1, -0.05) is 6.07 Å². The molecule has 1 aliphatic heterocycles. The number of nitrogens with zero attached hydrogens (tertiary/aromatic N) is 3. The van der Waals surface area contributed by atoms with Crippen LogP contribution in [0.2, 0.25) is 0 Å². The Morgan fingerprint density at radius 3 is 2.60 bits per heavy atom. The number of aliphatic hydroxyl groups is 2. The van der Waals surface area contributed by atoms with Crippen LogP contribution < -0.4 is 11.1 Å². The molecule has 9 nitrogen and oxygen atoms in total. The van der Waals surface area contributed by atoms with Crippen LogP contribution >= 0.6 is 0 Å². The SMILES string of the molecule is N#C[C@H]1O[C@@H](c2ccncc2NC(=O)c2nc(-c3c(F)cccc3F)c(F)cc2N)C[C@@H](O)[C@@H]1O. The third-order valence-corrected chi connectivity index (χ3v) is 5.47. The Hall–Kier alpha value is -4.05. The molecule has 0 radical (unpaired) electrons. The van der Waals surface area contributed by atoms with Gasteiger partial charge in [-0.2, -0.15) is 5.26 Å². The Morgan fingerprint density at radius 1 is 1.20 bits per heavy atom. The Balaban J connectivity index is 1.68. The number of aromatic nitrogens is 2. The van der Waals surface area contributed by atoms with E-state index in [0.717, 1.165) is 24.3 Å². The second kappa shape index (κ2) is 9.67. The number of nitriles is 1. The number of hydrogen-bond acceptors (Lipinski definition) is 8. The summed E-state index contributed by atoms with van der Waals surface area (Å²) in [6.07, 6.45) is -2.31. The Kier molecular flexibility index (Phi) is 6.65. The summed E-state index contributed by atoms with van der Waals surface area (Å²) in [6, 6.07) is 6.89. The standard InChI is InChI=1S/C23H18F3N5O4/c24-11-2-1-3-12(25)19(11)20-13(26)6-14(28)21(31-20)23(34)30-15-9-29-5-4-10(15)17-7-16(32)22(33)18(8-27)35-17/h1-6,9,16-18,22,32-33H,7,28H2,(H,30,34)/t16-,17-,18-,22+/m1/s1. The lowest BCUT2D eigenvalue weighted by Crippen LogP contribution is -2.44. The predicted molar refractivity (Wildman–Crippen MR) is 116 cm³/mol. The molecule has 4 rings (SSSR count). The van der Waals surface area contributed by atoms with Crippen LogP contribution in [0.5, 0.6) is 0 Å². The third kappa shape index (κ3) is 4.65. The van der Waals surface area contributed by atoms with Crippen LogP contribution in [0.25, 0.3) is 11.3 Å². The Morgan fingerprint density at radius 2 is 1.91 bits per heavy atom. The number of carbonyl (C=O) groups is 1. The normalized spacial score (nSPS) is 21.8. The number of aliphatic hydroxyl groups excluding tert-OH is 2. The molecule has 0 spiro atoms. The largest absolute Gasteiger partial charge is 0.397 e. The summed E-state index contributed by atoms with van der Waals surface area (Å²) < 4.78 is 48.5. The van der Waals surface area contributed by atoms with E-state index >= 15 is 0 Å². The number of benzene rings is 1. The molecule has 12 heteroatoms. The summed E-state index contributed by atoms with van der Waals surface area (Å²) in [5, 5.41) is 31.7. The van der Waals surface area contributed by atoms with Gasteiger partial charge >= 0.3 is 0 Å². The summed E-state index contributed by atoms with van der Waals surface area (Å²) in [7, 11) is 0. The first kappa shape index (κ1) is 24.1. The molecule has 0 bridgehead atoms.